The molecule has 0 aromatic carbocycles. The van der Waals surface area contributed by atoms with E-state index >= 15 is 0 Å². The van der Waals surface area contributed by atoms with Crippen LogP contribution in [0.3, 0.4) is 0 Å². The second-order valence-electron chi connectivity index (χ2n) is 6.98. The van der Waals surface area contributed by atoms with Gasteiger partial charge in [-0.15, -0.1) is 0 Å². The number of halogens is 1. The Balaban J connectivity index is 1.90. The first-order valence-corrected chi connectivity index (χ1v) is 10.7. The third kappa shape index (κ3) is 5.31. The van der Waals surface area contributed by atoms with Crippen molar-refractivity contribution in [1.82, 2.24) is 14.8 Å². The van der Waals surface area contributed by atoms with Gasteiger partial charge in [0.2, 0.25) is 0 Å². The number of aromatic nitrogens is 1. The predicted molar refractivity (Wildman–Crippen MR) is 118 cm³/mol. The summed E-state index contributed by atoms with van der Waals surface area (Å²) in [7, 11) is 3.38. The van der Waals surface area contributed by atoms with Gasteiger partial charge in [-0.05, 0) is 20.3 Å². The zero-order valence-electron chi connectivity index (χ0n) is 17.1. The van der Waals surface area contributed by atoms with Crippen molar-refractivity contribution in [1.29, 1.82) is 0 Å². The fraction of sp³-hybridized carbons (Fsp3) is 0.611. The molecule has 1 fully saturated rings. The number of anilines is 1. The molecule has 3 rings (SSSR count). The lowest BCUT2D eigenvalue weighted by Crippen LogP contribution is -2.38. The van der Waals surface area contributed by atoms with E-state index in [1.54, 1.807) is 14.1 Å². The monoisotopic (exact) mass is 439 g/mol. The molecule has 0 radical (unpaired) electrons. The van der Waals surface area contributed by atoms with Crippen LogP contribution in [0.25, 0.3) is 0 Å². The van der Waals surface area contributed by atoms with E-state index in [1.807, 2.05) is 13.8 Å². The van der Waals surface area contributed by atoms with E-state index in [0.29, 0.717) is 28.1 Å². The summed E-state index contributed by atoms with van der Waals surface area (Å²) >= 11 is 7.99. The molecule has 0 aliphatic carbocycles. The standard InChI is InChI=1S/C18H26ClN7O2S/c1-12-14(22-13(2)21-11-26(10-20-12)18(27)24(3)4)15-16(19)29-17(23-15)25-6-5-8-28-9-7-25/h11,13H,5-10H2,1-4H3/b20-12-,21-11-,22-14+. The van der Waals surface area contributed by atoms with Crippen LogP contribution < -0.4 is 4.90 Å². The molecule has 2 aliphatic heterocycles. The van der Waals surface area contributed by atoms with Crippen LogP contribution in [0.15, 0.2) is 15.0 Å². The minimum atomic E-state index is -0.404. The van der Waals surface area contributed by atoms with Crippen LogP contribution in [0.1, 0.15) is 26.0 Å². The van der Waals surface area contributed by atoms with Crippen molar-refractivity contribution < 1.29 is 9.53 Å². The molecular formula is C18H26ClN7O2S. The van der Waals surface area contributed by atoms with Crippen molar-refractivity contribution in [2.24, 2.45) is 15.0 Å². The molecule has 1 aromatic heterocycles. The number of thiazole rings is 1. The van der Waals surface area contributed by atoms with Crippen LogP contribution in [0.4, 0.5) is 9.93 Å². The van der Waals surface area contributed by atoms with Crippen molar-refractivity contribution >= 4 is 51.9 Å². The van der Waals surface area contributed by atoms with Crippen LogP contribution in [0.5, 0.6) is 0 Å². The molecule has 9 nitrogen and oxygen atoms in total. The maximum atomic E-state index is 12.3. The molecule has 3 heterocycles. The number of nitrogens with zero attached hydrogens (tertiary/aromatic N) is 7. The summed E-state index contributed by atoms with van der Waals surface area (Å²) in [5.41, 5.74) is 1.87. The third-order valence-corrected chi connectivity index (χ3v) is 5.78. The number of hydrogen-bond donors (Lipinski definition) is 0. The molecule has 1 aromatic rings. The number of ether oxygens (including phenoxy) is 1. The van der Waals surface area contributed by atoms with Crippen molar-refractivity contribution in [2.45, 2.75) is 26.4 Å². The number of urea groups is 1. The predicted octanol–water partition coefficient (Wildman–Crippen LogP) is 2.60. The van der Waals surface area contributed by atoms with E-state index in [-0.39, 0.29) is 12.7 Å². The molecule has 0 saturated carbocycles. The van der Waals surface area contributed by atoms with Gasteiger partial charge in [0.05, 0.1) is 18.7 Å². The highest BCUT2D eigenvalue weighted by molar-refractivity contribution is 7.20. The van der Waals surface area contributed by atoms with Gasteiger partial charge in [-0.25, -0.2) is 14.8 Å². The number of amides is 2. The van der Waals surface area contributed by atoms with Crippen LogP contribution in [0, 0.1) is 0 Å². The average Bonchev–Trinajstić information content (AvgIpc) is 2.90. The highest BCUT2D eigenvalue weighted by Gasteiger charge is 2.23. The zero-order valence-corrected chi connectivity index (χ0v) is 18.7. The van der Waals surface area contributed by atoms with Gasteiger partial charge < -0.3 is 14.5 Å². The fourth-order valence-electron chi connectivity index (χ4n) is 2.89. The van der Waals surface area contributed by atoms with E-state index in [2.05, 4.69) is 19.9 Å². The van der Waals surface area contributed by atoms with Gasteiger partial charge in [0, 0.05) is 33.8 Å². The van der Waals surface area contributed by atoms with E-state index in [9.17, 15) is 4.79 Å². The van der Waals surface area contributed by atoms with Gasteiger partial charge in [-0.3, -0.25) is 14.9 Å². The molecule has 2 aliphatic rings. The van der Waals surface area contributed by atoms with Gasteiger partial charge >= 0.3 is 6.03 Å². The lowest BCUT2D eigenvalue weighted by Gasteiger charge is -2.20. The first kappa shape index (κ1) is 21.7. The maximum Gasteiger partial charge on any atom is 0.326 e. The van der Waals surface area contributed by atoms with Gasteiger partial charge in [0.25, 0.3) is 0 Å². The van der Waals surface area contributed by atoms with Crippen molar-refractivity contribution in [3.8, 4) is 0 Å². The minimum Gasteiger partial charge on any atom is -0.380 e. The molecule has 0 spiro atoms. The second kappa shape index (κ2) is 9.64. The summed E-state index contributed by atoms with van der Waals surface area (Å²) in [6, 6.07) is -0.196. The smallest absolute Gasteiger partial charge is 0.326 e. The third-order valence-electron chi connectivity index (χ3n) is 4.46. The van der Waals surface area contributed by atoms with E-state index in [1.165, 1.54) is 27.5 Å². The molecule has 1 atom stereocenters. The minimum absolute atomic E-state index is 0.149. The highest BCUT2D eigenvalue weighted by atomic mass is 35.5. The van der Waals surface area contributed by atoms with Gasteiger partial charge in [-0.1, -0.05) is 22.9 Å². The Morgan fingerprint density at radius 1 is 1.34 bits per heavy atom. The zero-order chi connectivity index (χ0) is 21.0. The molecule has 11 heteroatoms. The first-order chi connectivity index (χ1) is 13.9. The number of rotatable bonds is 2. The fourth-order valence-corrected chi connectivity index (χ4v) is 4.08. The van der Waals surface area contributed by atoms with Crippen LogP contribution in [0.2, 0.25) is 4.34 Å². The average molecular weight is 440 g/mol. The molecule has 0 N–H and O–H groups in total. The van der Waals surface area contributed by atoms with Crippen LogP contribution in [-0.2, 0) is 4.74 Å². The summed E-state index contributed by atoms with van der Waals surface area (Å²) < 4.78 is 6.09. The van der Waals surface area contributed by atoms with Crippen LogP contribution in [-0.4, -0.2) is 91.8 Å². The quantitative estimate of drug-likeness (QED) is 0.708. The number of hydrogen-bond acceptors (Lipinski definition) is 8. The number of carbonyl (C=O) groups excluding carboxylic acids is 1. The topological polar surface area (TPSA) is 86.0 Å². The summed E-state index contributed by atoms with van der Waals surface area (Å²) in [5, 5.41) is 0.853. The maximum absolute atomic E-state index is 12.3. The Kier molecular flexibility index (Phi) is 7.20. The summed E-state index contributed by atoms with van der Waals surface area (Å²) in [6.07, 6.45) is 2.04. The number of aliphatic imine (C=N–C) groups is 3. The molecule has 2 amide bonds. The molecule has 29 heavy (non-hydrogen) atoms. The Hall–Kier alpha value is -2.04. The molecular weight excluding hydrogens is 414 g/mol. The highest BCUT2D eigenvalue weighted by Crippen LogP contribution is 2.32. The summed E-state index contributed by atoms with van der Waals surface area (Å²) in [5.74, 6) is 0. The summed E-state index contributed by atoms with van der Waals surface area (Å²) in [6.45, 7) is 6.95. The molecule has 1 unspecified atom stereocenters. The normalized spacial score (nSPS) is 25.6. The molecule has 158 valence electrons. The molecule has 0 bridgehead atoms. The Labute approximate surface area is 179 Å². The van der Waals surface area contributed by atoms with Crippen LogP contribution >= 0.6 is 22.9 Å². The van der Waals surface area contributed by atoms with E-state index in [0.717, 1.165) is 31.2 Å². The SMILES string of the molecule is CC1=N/CN(C(=O)N(C)C)/C=N\C(C)/N=C\1c1nc(N2CCCOCC2)sc1Cl. The lowest BCUT2D eigenvalue weighted by molar-refractivity contribution is 0.152. The Bertz CT molecular complexity index is 828. The van der Waals surface area contributed by atoms with Gasteiger partial charge in [-0.2, -0.15) is 0 Å². The Morgan fingerprint density at radius 3 is 2.90 bits per heavy atom. The largest absolute Gasteiger partial charge is 0.380 e. The van der Waals surface area contributed by atoms with E-state index < -0.39 is 6.17 Å². The second-order valence-corrected chi connectivity index (χ2v) is 8.56. The van der Waals surface area contributed by atoms with Crippen molar-refractivity contribution in [3.63, 3.8) is 0 Å². The first-order valence-electron chi connectivity index (χ1n) is 9.46. The van der Waals surface area contributed by atoms with Gasteiger partial charge in [0.15, 0.2) is 5.13 Å². The molecule has 1 saturated heterocycles. The number of carbonyl (C=O) groups is 1. The van der Waals surface area contributed by atoms with E-state index in [4.69, 9.17) is 21.3 Å². The lowest BCUT2D eigenvalue weighted by atomic mass is 10.2. The van der Waals surface area contributed by atoms with Crippen molar-refractivity contribution in [2.75, 3.05) is 52.0 Å². The van der Waals surface area contributed by atoms with Gasteiger partial charge in [0.1, 0.15) is 28.6 Å². The van der Waals surface area contributed by atoms with Crippen molar-refractivity contribution in [3.05, 3.63) is 10.0 Å². The Morgan fingerprint density at radius 2 is 2.14 bits per heavy atom. The summed E-state index contributed by atoms with van der Waals surface area (Å²) in [4.78, 5) is 35.8.